The van der Waals surface area contributed by atoms with Gasteiger partial charge in [-0.05, 0) is 17.5 Å². The zero-order chi connectivity index (χ0) is 19.8. The molecule has 0 radical (unpaired) electrons. The van der Waals surface area contributed by atoms with Crippen LogP contribution in [0.25, 0.3) is 11.1 Å². The number of rotatable bonds is 8. The highest BCUT2D eigenvalue weighted by atomic mass is 16.2. The van der Waals surface area contributed by atoms with Gasteiger partial charge in [-0.25, -0.2) is 0 Å². The number of nitrogens with zero attached hydrogens (tertiary/aromatic N) is 2. The summed E-state index contributed by atoms with van der Waals surface area (Å²) in [7, 11) is 1.81. The molecule has 0 atom stereocenters. The number of nitrogens with one attached hydrogen (secondary N) is 2. The fourth-order valence-electron chi connectivity index (χ4n) is 2.91. The molecule has 0 saturated heterocycles. The number of hydrogen-bond acceptors (Lipinski definition) is 3. The quantitative estimate of drug-likeness (QED) is 0.634. The van der Waals surface area contributed by atoms with Crippen LogP contribution in [-0.2, 0) is 23.1 Å². The van der Waals surface area contributed by atoms with Crippen molar-refractivity contribution in [2.24, 2.45) is 7.05 Å². The van der Waals surface area contributed by atoms with E-state index in [2.05, 4.69) is 15.7 Å². The van der Waals surface area contributed by atoms with Gasteiger partial charge in [-0.1, -0.05) is 60.7 Å². The Balaban J connectivity index is 1.46. The summed E-state index contributed by atoms with van der Waals surface area (Å²) in [5.41, 5.74) is 3.00. The third kappa shape index (κ3) is 5.54. The lowest BCUT2D eigenvalue weighted by atomic mass is 10.1. The van der Waals surface area contributed by atoms with E-state index in [9.17, 15) is 9.59 Å². The van der Waals surface area contributed by atoms with Crippen molar-refractivity contribution in [1.29, 1.82) is 0 Å². The number of carbonyl (C=O) groups is 2. The van der Waals surface area contributed by atoms with Crippen molar-refractivity contribution in [2.75, 3.05) is 11.9 Å². The van der Waals surface area contributed by atoms with Crippen molar-refractivity contribution < 1.29 is 9.59 Å². The summed E-state index contributed by atoms with van der Waals surface area (Å²) in [5.74, 6) is 0.146. The fraction of sp³-hybridized carbons (Fsp3) is 0.227. The molecule has 28 heavy (non-hydrogen) atoms. The number of aromatic nitrogens is 2. The Kier molecular flexibility index (Phi) is 6.57. The summed E-state index contributed by atoms with van der Waals surface area (Å²) in [4.78, 5) is 24.2. The third-order valence-electron chi connectivity index (χ3n) is 4.33. The molecule has 3 aromatic rings. The van der Waals surface area contributed by atoms with Gasteiger partial charge in [-0.15, -0.1) is 0 Å². The van der Waals surface area contributed by atoms with Crippen LogP contribution < -0.4 is 10.6 Å². The van der Waals surface area contributed by atoms with Crippen LogP contribution in [0.3, 0.4) is 0 Å². The molecule has 2 aromatic carbocycles. The molecule has 2 N–H and O–H groups in total. The number of anilines is 1. The normalized spacial score (nSPS) is 10.5. The average molecular weight is 376 g/mol. The van der Waals surface area contributed by atoms with Crippen molar-refractivity contribution in [3.63, 3.8) is 0 Å². The van der Waals surface area contributed by atoms with Crippen molar-refractivity contribution in [1.82, 2.24) is 15.1 Å². The second-order valence-electron chi connectivity index (χ2n) is 6.56. The highest BCUT2D eigenvalue weighted by molar-refractivity contribution is 5.95. The lowest BCUT2D eigenvalue weighted by Crippen LogP contribution is -2.26. The van der Waals surface area contributed by atoms with Crippen LogP contribution in [-0.4, -0.2) is 28.1 Å². The molecule has 2 amide bonds. The molecule has 0 unspecified atom stereocenters. The second kappa shape index (κ2) is 9.50. The number of carbonyl (C=O) groups excluding carboxylic acids is 2. The van der Waals surface area contributed by atoms with Gasteiger partial charge in [0.05, 0.1) is 0 Å². The lowest BCUT2D eigenvalue weighted by Gasteiger charge is -2.07. The van der Waals surface area contributed by atoms with Crippen LogP contribution >= 0.6 is 0 Å². The Morgan fingerprint density at radius 1 is 0.929 bits per heavy atom. The molecule has 0 aliphatic heterocycles. The maximum Gasteiger partial charge on any atom is 0.226 e. The summed E-state index contributed by atoms with van der Waals surface area (Å²) in [5, 5.41) is 9.99. The van der Waals surface area contributed by atoms with Gasteiger partial charge in [0, 0.05) is 38.2 Å². The first-order valence-corrected chi connectivity index (χ1v) is 9.31. The molecule has 0 saturated carbocycles. The van der Waals surface area contributed by atoms with E-state index in [1.54, 1.807) is 4.68 Å². The molecular weight excluding hydrogens is 352 g/mol. The number of amides is 2. The maximum atomic E-state index is 12.3. The summed E-state index contributed by atoms with van der Waals surface area (Å²) in [6.07, 6.45) is 2.89. The lowest BCUT2D eigenvalue weighted by molar-refractivity contribution is -0.124. The summed E-state index contributed by atoms with van der Waals surface area (Å²) in [6, 6.07) is 19.7. The Morgan fingerprint density at radius 2 is 1.57 bits per heavy atom. The first-order chi connectivity index (χ1) is 13.6. The SMILES string of the molecule is Cn1cc(-c2ccccc2)c(NC(=O)CCC(=O)NCCc2ccccc2)n1. The van der Waals surface area contributed by atoms with Crippen LogP contribution in [0.1, 0.15) is 18.4 Å². The smallest absolute Gasteiger partial charge is 0.226 e. The van der Waals surface area contributed by atoms with E-state index in [1.807, 2.05) is 73.9 Å². The van der Waals surface area contributed by atoms with Crippen molar-refractivity contribution in [3.8, 4) is 11.1 Å². The monoisotopic (exact) mass is 376 g/mol. The first-order valence-electron chi connectivity index (χ1n) is 9.31. The molecule has 6 nitrogen and oxygen atoms in total. The number of aryl methyl sites for hydroxylation is 1. The van der Waals surface area contributed by atoms with E-state index in [0.717, 1.165) is 17.5 Å². The summed E-state index contributed by atoms with van der Waals surface area (Å²) >= 11 is 0. The van der Waals surface area contributed by atoms with Crippen molar-refractivity contribution >= 4 is 17.6 Å². The van der Waals surface area contributed by atoms with Crippen molar-refractivity contribution in [3.05, 3.63) is 72.4 Å². The summed E-state index contributed by atoms with van der Waals surface area (Å²) in [6.45, 7) is 0.558. The predicted molar refractivity (Wildman–Crippen MR) is 110 cm³/mol. The maximum absolute atomic E-state index is 12.3. The second-order valence-corrected chi connectivity index (χ2v) is 6.56. The van der Waals surface area contributed by atoms with Gasteiger partial charge in [0.15, 0.2) is 5.82 Å². The first kappa shape index (κ1) is 19.4. The molecule has 0 aliphatic rings. The molecule has 144 valence electrons. The minimum Gasteiger partial charge on any atom is -0.356 e. The predicted octanol–water partition coefficient (Wildman–Crippen LogP) is 3.16. The average Bonchev–Trinajstić information content (AvgIpc) is 3.08. The van der Waals surface area contributed by atoms with E-state index in [-0.39, 0.29) is 24.7 Å². The molecule has 0 fully saturated rings. The molecule has 6 heteroatoms. The molecule has 0 bridgehead atoms. The topological polar surface area (TPSA) is 76.0 Å². The van der Waals surface area contributed by atoms with E-state index in [0.29, 0.717) is 12.4 Å². The Labute approximate surface area is 164 Å². The Hall–Kier alpha value is -3.41. The highest BCUT2D eigenvalue weighted by Crippen LogP contribution is 2.26. The van der Waals surface area contributed by atoms with Gasteiger partial charge in [-0.2, -0.15) is 5.10 Å². The van der Waals surface area contributed by atoms with Crippen LogP contribution in [0.4, 0.5) is 5.82 Å². The zero-order valence-electron chi connectivity index (χ0n) is 15.9. The number of benzene rings is 2. The van der Waals surface area contributed by atoms with Gasteiger partial charge < -0.3 is 10.6 Å². The van der Waals surface area contributed by atoms with Gasteiger partial charge in [-0.3, -0.25) is 14.3 Å². The van der Waals surface area contributed by atoms with Crippen LogP contribution in [0.2, 0.25) is 0 Å². The van der Waals surface area contributed by atoms with E-state index < -0.39 is 0 Å². The van der Waals surface area contributed by atoms with Gasteiger partial charge in [0.2, 0.25) is 11.8 Å². The molecule has 0 spiro atoms. The van der Waals surface area contributed by atoms with Gasteiger partial charge in [0.1, 0.15) is 0 Å². The molecule has 1 aromatic heterocycles. The fourth-order valence-corrected chi connectivity index (χ4v) is 2.91. The van der Waals surface area contributed by atoms with Gasteiger partial charge >= 0.3 is 0 Å². The largest absolute Gasteiger partial charge is 0.356 e. The molecular formula is C22H24N4O2. The van der Waals surface area contributed by atoms with E-state index >= 15 is 0 Å². The van der Waals surface area contributed by atoms with Crippen LogP contribution in [0.15, 0.2) is 66.9 Å². The molecule has 0 aliphatic carbocycles. The Bertz CT molecular complexity index is 920. The minimum absolute atomic E-state index is 0.113. The van der Waals surface area contributed by atoms with Crippen molar-refractivity contribution in [2.45, 2.75) is 19.3 Å². The number of hydrogen-bond donors (Lipinski definition) is 2. The highest BCUT2D eigenvalue weighted by Gasteiger charge is 2.13. The standard InChI is InChI=1S/C22H24N4O2/c1-26-16-19(18-10-6-3-7-11-18)22(25-26)24-21(28)13-12-20(27)23-15-14-17-8-4-2-5-9-17/h2-11,16H,12-15H2,1H3,(H,23,27)(H,24,25,28). The third-order valence-corrected chi connectivity index (χ3v) is 4.33. The minimum atomic E-state index is -0.228. The molecule has 1 heterocycles. The van der Waals surface area contributed by atoms with E-state index in [4.69, 9.17) is 0 Å². The van der Waals surface area contributed by atoms with Gasteiger partial charge in [0.25, 0.3) is 0 Å². The Morgan fingerprint density at radius 3 is 2.29 bits per heavy atom. The summed E-state index contributed by atoms with van der Waals surface area (Å²) < 4.78 is 1.66. The molecule has 3 rings (SSSR count). The van der Waals surface area contributed by atoms with Crippen LogP contribution in [0.5, 0.6) is 0 Å². The van der Waals surface area contributed by atoms with E-state index in [1.165, 1.54) is 5.56 Å². The van der Waals surface area contributed by atoms with Crippen LogP contribution in [0, 0.1) is 0 Å². The zero-order valence-corrected chi connectivity index (χ0v) is 15.9.